The lowest BCUT2D eigenvalue weighted by atomic mass is 10.3. The van der Waals surface area contributed by atoms with Crippen LogP contribution in [0.3, 0.4) is 0 Å². The summed E-state index contributed by atoms with van der Waals surface area (Å²) in [4.78, 5) is 12.8. The van der Waals surface area contributed by atoms with Crippen LogP contribution < -0.4 is 5.73 Å². The maximum Gasteiger partial charge on any atom is 0.348 e. The number of hydrogen-bond acceptors (Lipinski definition) is 4. The molecule has 0 atom stereocenters. The second kappa shape index (κ2) is 4.23. The summed E-state index contributed by atoms with van der Waals surface area (Å²) in [5.41, 5.74) is 5.37. The van der Waals surface area contributed by atoms with Crippen LogP contribution in [-0.2, 0) is 11.2 Å². The smallest absolute Gasteiger partial charge is 0.348 e. The quantitative estimate of drug-likeness (QED) is 0.716. The van der Waals surface area contributed by atoms with Crippen molar-refractivity contribution in [2.24, 2.45) is 5.73 Å². The summed E-state index contributed by atoms with van der Waals surface area (Å²) >= 11 is 1.44. The maximum absolute atomic E-state index is 11.0. The van der Waals surface area contributed by atoms with E-state index in [4.69, 9.17) is 5.73 Å². The molecule has 0 bridgehead atoms. The number of hydrogen-bond donors (Lipinski definition) is 1. The van der Waals surface area contributed by atoms with Crippen LogP contribution >= 0.6 is 11.3 Å². The van der Waals surface area contributed by atoms with Crippen LogP contribution in [0, 0.1) is 0 Å². The summed E-state index contributed by atoms with van der Waals surface area (Å²) in [6, 6.07) is 3.67. The van der Waals surface area contributed by atoms with E-state index in [1.807, 2.05) is 6.07 Å². The Hall–Kier alpha value is -0.870. The summed E-state index contributed by atoms with van der Waals surface area (Å²) in [7, 11) is 1.38. The average Bonchev–Trinajstić information content (AvgIpc) is 2.52. The van der Waals surface area contributed by atoms with Gasteiger partial charge in [-0.25, -0.2) is 4.79 Å². The third-order valence-corrected chi connectivity index (χ3v) is 2.56. The number of carbonyl (C=O) groups is 1. The van der Waals surface area contributed by atoms with Gasteiger partial charge in [-0.1, -0.05) is 0 Å². The molecule has 0 radical (unpaired) electrons. The molecule has 0 amide bonds. The predicted molar refractivity (Wildman–Crippen MR) is 48.4 cm³/mol. The Morgan fingerprint density at radius 3 is 3.00 bits per heavy atom. The topological polar surface area (TPSA) is 52.3 Å². The third kappa shape index (κ3) is 2.06. The predicted octanol–water partition coefficient (Wildman–Crippen LogP) is 1.04. The summed E-state index contributed by atoms with van der Waals surface area (Å²) in [6.45, 7) is 0.612. The molecule has 0 saturated heterocycles. The van der Waals surface area contributed by atoms with Crippen molar-refractivity contribution in [3.8, 4) is 0 Å². The molecule has 3 nitrogen and oxygen atoms in total. The molecule has 4 heteroatoms. The van der Waals surface area contributed by atoms with E-state index in [1.165, 1.54) is 18.4 Å². The maximum atomic E-state index is 11.0. The number of thiophene rings is 1. The van der Waals surface area contributed by atoms with Crippen LogP contribution in [0.25, 0.3) is 0 Å². The Morgan fingerprint density at radius 2 is 2.42 bits per heavy atom. The molecule has 0 unspecified atom stereocenters. The molecule has 1 aromatic rings. The fourth-order valence-corrected chi connectivity index (χ4v) is 1.81. The van der Waals surface area contributed by atoms with Crippen molar-refractivity contribution < 1.29 is 9.53 Å². The first-order chi connectivity index (χ1) is 5.77. The third-order valence-electron chi connectivity index (χ3n) is 1.44. The van der Waals surface area contributed by atoms with Crippen LogP contribution in [0.1, 0.15) is 14.5 Å². The van der Waals surface area contributed by atoms with Gasteiger partial charge in [-0.15, -0.1) is 11.3 Å². The Morgan fingerprint density at radius 1 is 1.67 bits per heavy atom. The number of methoxy groups -OCH3 is 1. The van der Waals surface area contributed by atoms with E-state index in [-0.39, 0.29) is 5.97 Å². The molecule has 0 aliphatic carbocycles. The van der Waals surface area contributed by atoms with Gasteiger partial charge in [0.2, 0.25) is 0 Å². The molecule has 0 aromatic carbocycles. The lowest BCUT2D eigenvalue weighted by Crippen LogP contribution is -2.00. The van der Waals surface area contributed by atoms with E-state index >= 15 is 0 Å². The number of carbonyl (C=O) groups excluding carboxylic acids is 1. The van der Waals surface area contributed by atoms with E-state index in [9.17, 15) is 4.79 Å². The Labute approximate surface area is 75.1 Å². The lowest BCUT2D eigenvalue weighted by molar-refractivity contribution is 0.0606. The van der Waals surface area contributed by atoms with E-state index in [0.29, 0.717) is 11.4 Å². The van der Waals surface area contributed by atoms with Crippen LogP contribution in [0.2, 0.25) is 0 Å². The largest absolute Gasteiger partial charge is 0.465 e. The molecule has 0 aliphatic rings. The summed E-state index contributed by atoms with van der Waals surface area (Å²) in [5, 5.41) is 0. The van der Waals surface area contributed by atoms with Crippen molar-refractivity contribution in [1.82, 2.24) is 0 Å². The summed E-state index contributed by atoms with van der Waals surface area (Å²) < 4.78 is 4.57. The Balaban J connectivity index is 2.70. The Kier molecular flexibility index (Phi) is 3.25. The number of nitrogens with two attached hydrogens (primary N) is 1. The number of esters is 1. The molecule has 1 rings (SSSR count). The molecule has 1 heterocycles. The molecule has 12 heavy (non-hydrogen) atoms. The highest BCUT2D eigenvalue weighted by Gasteiger charge is 2.07. The first-order valence-electron chi connectivity index (χ1n) is 3.65. The van der Waals surface area contributed by atoms with E-state index < -0.39 is 0 Å². The zero-order valence-corrected chi connectivity index (χ0v) is 7.69. The normalized spacial score (nSPS) is 9.83. The number of ether oxygens (including phenoxy) is 1. The SMILES string of the molecule is COC(=O)c1ccc(CCN)s1. The van der Waals surface area contributed by atoms with Crippen molar-refractivity contribution in [1.29, 1.82) is 0 Å². The summed E-state index contributed by atoms with van der Waals surface area (Å²) in [6.07, 6.45) is 0.821. The molecule has 2 N–H and O–H groups in total. The fourth-order valence-electron chi connectivity index (χ4n) is 0.865. The highest BCUT2D eigenvalue weighted by Crippen LogP contribution is 2.17. The lowest BCUT2D eigenvalue weighted by Gasteiger charge is -1.92. The molecule has 0 saturated carbocycles. The van der Waals surface area contributed by atoms with Crippen molar-refractivity contribution in [3.05, 3.63) is 21.9 Å². The first kappa shape index (κ1) is 9.22. The molecule has 0 spiro atoms. The zero-order chi connectivity index (χ0) is 8.97. The molecule has 1 aromatic heterocycles. The minimum absolute atomic E-state index is 0.275. The van der Waals surface area contributed by atoms with Crippen LogP contribution in [0.4, 0.5) is 0 Å². The van der Waals surface area contributed by atoms with E-state index in [0.717, 1.165) is 11.3 Å². The van der Waals surface area contributed by atoms with Crippen molar-refractivity contribution >= 4 is 17.3 Å². The monoisotopic (exact) mass is 185 g/mol. The first-order valence-corrected chi connectivity index (χ1v) is 4.46. The standard InChI is InChI=1S/C8H11NO2S/c1-11-8(10)7-3-2-6(12-7)4-5-9/h2-3H,4-5,9H2,1H3. The minimum Gasteiger partial charge on any atom is -0.465 e. The van der Waals surface area contributed by atoms with Gasteiger partial charge in [0, 0.05) is 4.88 Å². The molecule has 66 valence electrons. The van der Waals surface area contributed by atoms with Gasteiger partial charge in [0.15, 0.2) is 0 Å². The second-order valence-corrected chi connectivity index (χ2v) is 3.46. The number of rotatable bonds is 3. The Bertz CT molecular complexity index is 270. The van der Waals surface area contributed by atoms with Gasteiger partial charge < -0.3 is 10.5 Å². The van der Waals surface area contributed by atoms with Crippen molar-refractivity contribution in [3.63, 3.8) is 0 Å². The molecule has 0 aliphatic heterocycles. The van der Waals surface area contributed by atoms with E-state index in [1.54, 1.807) is 6.07 Å². The molecular weight excluding hydrogens is 174 g/mol. The minimum atomic E-state index is -0.275. The van der Waals surface area contributed by atoms with Gasteiger partial charge in [0.25, 0.3) is 0 Å². The highest BCUT2D eigenvalue weighted by molar-refractivity contribution is 7.13. The van der Waals surface area contributed by atoms with Crippen molar-refractivity contribution in [2.45, 2.75) is 6.42 Å². The average molecular weight is 185 g/mol. The van der Waals surface area contributed by atoms with Gasteiger partial charge in [0.1, 0.15) is 4.88 Å². The van der Waals surface area contributed by atoms with Crippen molar-refractivity contribution in [2.75, 3.05) is 13.7 Å². The fraction of sp³-hybridized carbons (Fsp3) is 0.375. The van der Waals surface area contributed by atoms with Gasteiger partial charge in [0.05, 0.1) is 7.11 Å². The van der Waals surface area contributed by atoms with Crippen LogP contribution in [-0.4, -0.2) is 19.6 Å². The van der Waals surface area contributed by atoms with Gasteiger partial charge in [-0.3, -0.25) is 0 Å². The van der Waals surface area contributed by atoms with E-state index in [2.05, 4.69) is 4.74 Å². The van der Waals surface area contributed by atoms with Gasteiger partial charge >= 0.3 is 5.97 Å². The molecule has 0 fully saturated rings. The second-order valence-electron chi connectivity index (χ2n) is 2.30. The summed E-state index contributed by atoms with van der Waals surface area (Å²) in [5.74, 6) is -0.275. The van der Waals surface area contributed by atoms with Crippen LogP contribution in [0.5, 0.6) is 0 Å². The van der Waals surface area contributed by atoms with Gasteiger partial charge in [-0.2, -0.15) is 0 Å². The van der Waals surface area contributed by atoms with Gasteiger partial charge in [-0.05, 0) is 25.1 Å². The highest BCUT2D eigenvalue weighted by atomic mass is 32.1. The van der Waals surface area contributed by atoms with Crippen LogP contribution in [0.15, 0.2) is 12.1 Å². The zero-order valence-electron chi connectivity index (χ0n) is 6.87. The molecular formula is C8H11NO2S.